The number of nitrogens with zero attached hydrogens (tertiary/aromatic N) is 1. The van der Waals surface area contributed by atoms with Gasteiger partial charge in [-0.15, -0.1) is 11.3 Å². The predicted octanol–water partition coefficient (Wildman–Crippen LogP) is 1.67. The molecule has 0 aliphatic rings. The van der Waals surface area contributed by atoms with Gasteiger partial charge in [0, 0.05) is 28.7 Å². The second kappa shape index (κ2) is 5.79. The van der Waals surface area contributed by atoms with Crippen molar-refractivity contribution in [2.75, 3.05) is 0 Å². The Morgan fingerprint density at radius 1 is 1.53 bits per heavy atom. The molecule has 0 bridgehead atoms. The number of aliphatic hydroxyl groups is 1. The minimum atomic E-state index is -3.58. The van der Waals surface area contributed by atoms with Crippen molar-refractivity contribution in [1.82, 2.24) is 9.71 Å². The molecule has 7 heteroatoms. The van der Waals surface area contributed by atoms with Crippen molar-refractivity contribution in [3.05, 3.63) is 46.4 Å². The van der Waals surface area contributed by atoms with Crippen LogP contribution in [0.15, 0.2) is 40.9 Å². The van der Waals surface area contributed by atoms with Gasteiger partial charge in [0.05, 0.1) is 11.5 Å². The number of sulfonamides is 1. The smallest absolute Gasteiger partial charge is 0.241 e. The van der Waals surface area contributed by atoms with Crippen molar-refractivity contribution in [2.24, 2.45) is 0 Å². The fraction of sp³-hybridized carbons (Fsp3) is 0.250. The fourth-order valence-electron chi connectivity index (χ4n) is 1.59. The van der Waals surface area contributed by atoms with Gasteiger partial charge in [-0.2, -0.15) is 0 Å². The predicted molar refractivity (Wildman–Crippen MR) is 73.2 cm³/mol. The zero-order chi connectivity index (χ0) is 13.9. The van der Waals surface area contributed by atoms with Crippen LogP contribution in [0.2, 0.25) is 0 Å². The number of rotatable bonds is 5. The third-order valence-electron chi connectivity index (χ3n) is 2.61. The molecule has 2 heterocycles. The number of thiophene rings is 1. The summed E-state index contributed by atoms with van der Waals surface area (Å²) in [5.74, 6) is 0. The van der Waals surface area contributed by atoms with Gasteiger partial charge in [0.2, 0.25) is 10.0 Å². The Balaban J connectivity index is 2.17. The summed E-state index contributed by atoms with van der Waals surface area (Å²) in [7, 11) is -3.58. The topological polar surface area (TPSA) is 79.3 Å². The molecule has 0 aliphatic heterocycles. The van der Waals surface area contributed by atoms with Crippen LogP contribution in [0.3, 0.4) is 0 Å². The van der Waals surface area contributed by atoms with Crippen LogP contribution < -0.4 is 4.72 Å². The van der Waals surface area contributed by atoms with Gasteiger partial charge in [0.25, 0.3) is 0 Å². The average Bonchev–Trinajstić information content (AvgIpc) is 2.89. The summed E-state index contributed by atoms with van der Waals surface area (Å²) in [4.78, 5) is 4.76. The Bertz CT molecular complexity index is 638. The Morgan fingerprint density at radius 3 is 2.89 bits per heavy atom. The molecule has 0 amide bonds. The molecule has 2 N–H and O–H groups in total. The molecule has 2 aromatic heterocycles. The van der Waals surface area contributed by atoms with Gasteiger partial charge in [0.15, 0.2) is 0 Å². The van der Waals surface area contributed by atoms with Crippen LogP contribution in [-0.4, -0.2) is 18.5 Å². The van der Waals surface area contributed by atoms with E-state index >= 15 is 0 Å². The molecular weight excluding hydrogens is 284 g/mol. The number of hydrogen-bond acceptors (Lipinski definition) is 5. The van der Waals surface area contributed by atoms with Gasteiger partial charge in [-0.1, -0.05) is 6.07 Å². The summed E-state index contributed by atoms with van der Waals surface area (Å²) < 4.78 is 26.9. The monoisotopic (exact) mass is 298 g/mol. The van der Waals surface area contributed by atoms with Gasteiger partial charge in [-0.05, 0) is 24.6 Å². The van der Waals surface area contributed by atoms with Crippen molar-refractivity contribution in [1.29, 1.82) is 0 Å². The van der Waals surface area contributed by atoms with E-state index in [1.54, 1.807) is 25.4 Å². The van der Waals surface area contributed by atoms with Crippen LogP contribution in [0.4, 0.5) is 0 Å². The minimum Gasteiger partial charge on any atom is -0.391 e. The SMILES string of the molecule is CC(NS(=O)(=O)c1csc(CO)c1)c1cccnc1. The second-order valence-electron chi connectivity index (χ2n) is 4.04. The molecule has 0 saturated carbocycles. The van der Waals surface area contributed by atoms with Crippen molar-refractivity contribution in [2.45, 2.75) is 24.5 Å². The van der Waals surface area contributed by atoms with Crippen LogP contribution in [0.1, 0.15) is 23.4 Å². The third-order valence-corrected chi connectivity index (χ3v) is 5.20. The molecule has 0 radical (unpaired) electrons. The summed E-state index contributed by atoms with van der Waals surface area (Å²) in [5.41, 5.74) is 0.795. The van der Waals surface area contributed by atoms with Crippen LogP contribution in [0.5, 0.6) is 0 Å². The van der Waals surface area contributed by atoms with Crippen LogP contribution in [0, 0.1) is 0 Å². The second-order valence-corrected chi connectivity index (χ2v) is 6.75. The van der Waals surface area contributed by atoms with Gasteiger partial charge < -0.3 is 5.11 Å². The highest BCUT2D eigenvalue weighted by atomic mass is 32.2. The van der Waals surface area contributed by atoms with Gasteiger partial charge in [-0.25, -0.2) is 13.1 Å². The highest BCUT2D eigenvalue weighted by molar-refractivity contribution is 7.89. The summed E-state index contributed by atoms with van der Waals surface area (Å²) in [5, 5.41) is 10.5. The number of aliphatic hydroxyl groups excluding tert-OH is 1. The lowest BCUT2D eigenvalue weighted by Crippen LogP contribution is -2.26. The molecular formula is C12H14N2O3S2. The van der Waals surface area contributed by atoms with Crippen LogP contribution in [-0.2, 0) is 16.6 Å². The summed E-state index contributed by atoms with van der Waals surface area (Å²) >= 11 is 1.22. The molecule has 5 nitrogen and oxygen atoms in total. The first-order valence-electron chi connectivity index (χ1n) is 5.63. The van der Waals surface area contributed by atoms with E-state index in [1.807, 2.05) is 6.07 Å². The van der Waals surface area contributed by atoms with E-state index < -0.39 is 10.0 Å². The van der Waals surface area contributed by atoms with E-state index in [-0.39, 0.29) is 17.5 Å². The third kappa shape index (κ3) is 3.38. The maximum Gasteiger partial charge on any atom is 0.241 e. The standard InChI is InChI=1S/C12H14N2O3S2/c1-9(10-3-2-4-13-6-10)14-19(16,17)12-5-11(7-15)18-8-12/h2-6,8-9,14-15H,7H2,1H3. The quantitative estimate of drug-likeness (QED) is 0.880. The molecule has 102 valence electrons. The first-order valence-corrected chi connectivity index (χ1v) is 8.00. The number of pyridine rings is 1. The summed E-state index contributed by atoms with van der Waals surface area (Å²) in [6.07, 6.45) is 3.26. The maximum absolute atomic E-state index is 12.1. The molecule has 0 saturated heterocycles. The lowest BCUT2D eigenvalue weighted by Gasteiger charge is -2.13. The molecule has 19 heavy (non-hydrogen) atoms. The van der Waals surface area contributed by atoms with Gasteiger partial charge in [0.1, 0.15) is 0 Å². The van der Waals surface area contributed by atoms with E-state index in [4.69, 9.17) is 5.11 Å². The van der Waals surface area contributed by atoms with Crippen molar-refractivity contribution < 1.29 is 13.5 Å². The van der Waals surface area contributed by atoms with E-state index in [0.717, 1.165) is 5.56 Å². The lowest BCUT2D eigenvalue weighted by molar-refractivity contribution is 0.285. The molecule has 1 unspecified atom stereocenters. The summed E-state index contributed by atoms with van der Waals surface area (Å²) in [6.45, 7) is 1.60. The number of nitrogens with one attached hydrogen (secondary N) is 1. The largest absolute Gasteiger partial charge is 0.391 e. The molecule has 2 aromatic rings. The molecule has 0 spiro atoms. The Kier molecular flexibility index (Phi) is 4.31. The van der Waals surface area contributed by atoms with E-state index in [9.17, 15) is 8.42 Å². The van der Waals surface area contributed by atoms with Crippen LogP contribution in [0.25, 0.3) is 0 Å². The summed E-state index contributed by atoms with van der Waals surface area (Å²) in [6, 6.07) is 4.68. The van der Waals surface area contributed by atoms with Gasteiger partial charge in [-0.3, -0.25) is 4.98 Å². The Labute approximate surface area is 116 Å². The number of hydrogen-bond donors (Lipinski definition) is 2. The highest BCUT2D eigenvalue weighted by Crippen LogP contribution is 2.21. The minimum absolute atomic E-state index is 0.154. The Morgan fingerprint density at radius 2 is 2.32 bits per heavy atom. The molecule has 1 atom stereocenters. The first-order chi connectivity index (χ1) is 9.03. The van der Waals surface area contributed by atoms with Gasteiger partial charge >= 0.3 is 0 Å². The molecule has 2 rings (SSSR count). The fourth-order valence-corrected chi connectivity index (χ4v) is 3.95. The van der Waals surface area contributed by atoms with E-state index in [1.165, 1.54) is 22.8 Å². The van der Waals surface area contributed by atoms with Crippen molar-refractivity contribution >= 4 is 21.4 Å². The zero-order valence-electron chi connectivity index (χ0n) is 10.3. The zero-order valence-corrected chi connectivity index (χ0v) is 11.9. The highest BCUT2D eigenvalue weighted by Gasteiger charge is 2.19. The first kappa shape index (κ1) is 14.1. The number of aromatic nitrogens is 1. The normalized spacial score (nSPS) is 13.4. The Hall–Kier alpha value is -1.28. The molecule has 0 aromatic carbocycles. The van der Waals surface area contributed by atoms with Crippen molar-refractivity contribution in [3.63, 3.8) is 0 Å². The molecule has 0 aliphatic carbocycles. The lowest BCUT2D eigenvalue weighted by atomic mass is 10.2. The maximum atomic E-state index is 12.1. The molecule has 0 fully saturated rings. The average molecular weight is 298 g/mol. The van der Waals surface area contributed by atoms with E-state index in [0.29, 0.717) is 4.88 Å². The van der Waals surface area contributed by atoms with E-state index in [2.05, 4.69) is 9.71 Å². The van der Waals surface area contributed by atoms with Crippen LogP contribution >= 0.6 is 11.3 Å². The van der Waals surface area contributed by atoms with Crippen molar-refractivity contribution in [3.8, 4) is 0 Å².